The zero-order valence-electron chi connectivity index (χ0n) is 9.85. The van der Waals surface area contributed by atoms with Crippen molar-refractivity contribution in [1.29, 1.82) is 0 Å². The van der Waals surface area contributed by atoms with E-state index in [2.05, 4.69) is 5.32 Å². The van der Waals surface area contributed by atoms with E-state index >= 15 is 0 Å². The molecule has 0 aromatic heterocycles. The fourth-order valence-electron chi connectivity index (χ4n) is 1.47. The van der Waals surface area contributed by atoms with Crippen molar-refractivity contribution in [2.45, 2.75) is 26.8 Å². The van der Waals surface area contributed by atoms with Gasteiger partial charge in [-0.15, -0.1) is 0 Å². The highest BCUT2D eigenvalue weighted by atomic mass is 19.1. The van der Waals surface area contributed by atoms with Gasteiger partial charge in [0.1, 0.15) is 11.6 Å². The summed E-state index contributed by atoms with van der Waals surface area (Å²) in [4.78, 5) is 0. The fourth-order valence-corrected chi connectivity index (χ4v) is 1.47. The summed E-state index contributed by atoms with van der Waals surface area (Å²) in [5.74, 6) is -1.01. The summed E-state index contributed by atoms with van der Waals surface area (Å²) in [7, 11) is 0. The van der Waals surface area contributed by atoms with Crippen LogP contribution in [-0.2, 0) is 0 Å². The normalized spacial score (nSPS) is 12.3. The first-order valence-corrected chi connectivity index (χ1v) is 5.33. The van der Waals surface area contributed by atoms with Crippen molar-refractivity contribution in [3.8, 4) is 0 Å². The van der Waals surface area contributed by atoms with Crippen molar-refractivity contribution in [2.75, 3.05) is 6.54 Å². The lowest BCUT2D eigenvalue weighted by Crippen LogP contribution is -2.20. The average molecular weight is 225 g/mol. The highest BCUT2D eigenvalue weighted by Gasteiger charge is 2.14. The maximum Gasteiger partial charge on any atom is 0.130 e. The van der Waals surface area contributed by atoms with E-state index in [1.54, 1.807) is 6.92 Å². The maximum atomic E-state index is 13.4. The van der Waals surface area contributed by atoms with Crippen LogP contribution in [0.2, 0.25) is 0 Å². The Balaban J connectivity index is 2.73. The molecule has 1 nitrogen and oxygen atoms in total. The van der Waals surface area contributed by atoms with Gasteiger partial charge in [0.05, 0.1) is 0 Å². The first kappa shape index (κ1) is 12.8. The summed E-state index contributed by atoms with van der Waals surface area (Å²) < 4.78 is 26.8. The average Bonchev–Trinajstić information content (AvgIpc) is 2.16. The molecule has 0 saturated carbocycles. The highest BCUT2D eigenvalue weighted by molar-refractivity contribution is 5.22. The molecule has 0 heterocycles. The van der Waals surface area contributed by atoms with Crippen molar-refractivity contribution in [3.63, 3.8) is 0 Å². The van der Waals surface area contributed by atoms with Crippen LogP contribution >= 0.6 is 0 Å². The topological polar surface area (TPSA) is 12.0 Å². The molecule has 3 heteroatoms. The van der Waals surface area contributed by atoms with E-state index in [4.69, 9.17) is 0 Å². The molecule has 16 heavy (non-hydrogen) atoms. The summed E-state index contributed by atoms with van der Waals surface area (Å²) in [6.45, 7) is 6.32. The molecule has 0 spiro atoms. The number of halogens is 2. The van der Waals surface area contributed by atoms with Gasteiger partial charge in [0.15, 0.2) is 0 Å². The SMILES string of the molecule is CC(C)=CCNC(C)c1c(F)cccc1F. The number of nitrogens with one attached hydrogen (secondary N) is 1. The minimum absolute atomic E-state index is 0.102. The molecular formula is C13H17F2N. The second kappa shape index (κ2) is 5.75. The van der Waals surface area contributed by atoms with Crippen LogP contribution in [-0.4, -0.2) is 6.54 Å². The van der Waals surface area contributed by atoms with Crippen molar-refractivity contribution in [3.05, 3.63) is 47.0 Å². The monoisotopic (exact) mass is 225 g/mol. The Morgan fingerprint density at radius 1 is 1.31 bits per heavy atom. The molecular weight excluding hydrogens is 208 g/mol. The second-order valence-electron chi connectivity index (χ2n) is 4.05. The smallest absolute Gasteiger partial charge is 0.130 e. The summed E-state index contributed by atoms with van der Waals surface area (Å²) in [5, 5.41) is 3.06. The minimum Gasteiger partial charge on any atom is -0.307 e. The molecule has 0 radical (unpaired) electrons. The van der Waals surface area contributed by atoms with Crippen LogP contribution in [0.25, 0.3) is 0 Å². The molecule has 0 amide bonds. The molecule has 1 N–H and O–H groups in total. The van der Waals surface area contributed by atoms with Crippen LogP contribution in [0.5, 0.6) is 0 Å². The highest BCUT2D eigenvalue weighted by Crippen LogP contribution is 2.19. The summed E-state index contributed by atoms with van der Waals surface area (Å²) in [6.07, 6.45) is 1.98. The third-order valence-electron chi connectivity index (χ3n) is 2.37. The molecule has 0 bridgehead atoms. The van der Waals surface area contributed by atoms with E-state index in [1.807, 2.05) is 19.9 Å². The predicted octanol–water partition coefficient (Wildman–Crippen LogP) is 3.58. The van der Waals surface area contributed by atoms with E-state index in [1.165, 1.54) is 23.8 Å². The standard InChI is InChI=1S/C13H17F2N/c1-9(2)7-8-16-10(3)13-11(14)5-4-6-12(13)15/h4-7,10,16H,8H2,1-3H3. The maximum absolute atomic E-state index is 13.4. The van der Waals surface area contributed by atoms with Gasteiger partial charge in [0, 0.05) is 18.2 Å². The van der Waals surface area contributed by atoms with E-state index in [0.29, 0.717) is 6.54 Å². The number of allylic oxidation sites excluding steroid dienone is 1. The zero-order chi connectivity index (χ0) is 12.1. The summed E-state index contributed by atoms with van der Waals surface area (Å²) in [6, 6.07) is 3.59. The summed E-state index contributed by atoms with van der Waals surface area (Å²) in [5.41, 5.74) is 1.28. The number of hydrogen-bond donors (Lipinski definition) is 1. The Bertz CT molecular complexity index is 361. The third-order valence-corrected chi connectivity index (χ3v) is 2.37. The zero-order valence-corrected chi connectivity index (χ0v) is 9.85. The van der Waals surface area contributed by atoms with Crippen molar-refractivity contribution in [2.24, 2.45) is 0 Å². The molecule has 0 aliphatic rings. The molecule has 1 atom stereocenters. The largest absolute Gasteiger partial charge is 0.307 e. The van der Waals surface area contributed by atoms with Gasteiger partial charge in [-0.05, 0) is 32.9 Å². The van der Waals surface area contributed by atoms with Gasteiger partial charge >= 0.3 is 0 Å². The first-order valence-electron chi connectivity index (χ1n) is 5.33. The van der Waals surface area contributed by atoms with Gasteiger partial charge < -0.3 is 5.32 Å². The third kappa shape index (κ3) is 3.42. The molecule has 0 fully saturated rings. The van der Waals surface area contributed by atoms with E-state index in [-0.39, 0.29) is 11.6 Å². The molecule has 1 aromatic carbocycles. The van der Waals surface area contributed by atoms with Gasteiger partial charge in [-0.1, -0.05) is 17.7 Å². The fraction of sp³-hybridized carbons (Fsp3) is 0.385. The molecule has 0 aliphatic heterocycles. The van der Waals surface area contributed by atoms with Crippen LogP contribution in [0, 0.1) is 11.6 Å². The first-order chi connectivity index (χ1) is 7.52. The van der Waals surface area contributed by atoms with E-state index in [0.717, 1.165) is 0 Å². The lowest BCUT2D eigenvalue weighted by Gasteiger charge is -2.14. The van der Waals surface area contributed by atoms with Crippen LogP contribution in [0.4, 0.5) is 8.78 Å². The van der Waals surface area contributed by atoms with Crippen molar-refractivity contribution >= 4 is 0 Å². The Morgan fingerprint density at radius 2 is 1.88 bits per heavy atom. The molecule has 1 unspecified atom stereocenters. The molecule has 88 valence electrons. The molecule has 1 rings (SSSR count). The summed E-state index contributed by atoms with van der Waals surface area (Å²) >= 11 is 0. The molecule has 1 aromatic rings. The number of rotatable bonds is 4. The van der Waals surface area contributed by atoms with Gasteiger partial charge in [-0.25, -0.2) is 8.78 Å². The van der Waals surface area contributed by atoms with Crippen molar-refractivity contribution in [1.82, 2.24) is 5.32 Å². The van der Waals surface area contributed by atoms with Gasteiger partial charge in [-0.3, -0.25) is 0 Å². The lowest BCUT2D eigenvalue weighted by atomic mass is 10.1. The van der Waals surface area contributed by atoms with E-state index < -0.39 is 11.6 Å². The van der Waals surface area contributed by atoms with Crippen molar-refractivity contribution < 1.29 is 8.78 Å². The Hall–Kier alpha value is -1.22. The van der Waals surface area contributed by atoms with Crippen LogP contribution < -0.4 is 5.32 Å². The number of hydrogen-bond acceptors (Lipinski definition) is 1. The Kier molecular flexibility index (Phi) is 4.62. The Morgan fingerprint density at radius 3 is 2.38 bits per heavy atom. The van der Waals surface area contributed by atoms with Crippen LogP contribution in [0.3, 0.4) is 0 Å². The minimum atomic E-state index is -0.503. The van der Waals surface area contributed by atoms with Gasteiger partial charge in [0.2, 0.25) is 0 Å². The molecule has 0 saturated heterocycles. The van der Waals surface area contributed by atoms with Crippen LogP contribution in [0.15, 0.2) is 29.8 Å². The second-order valence-corrected chi connectivity index (χ2v) is 4.05. The lowest BCUT2D eigenvalue weighted by molar-refractivity contribution is 0.501. The van der Waals surface area contributed by atoms with Gasteiger partial charge in [-0.2, -0.15) is 0 Å². The Labute approximate surface area is 95.2 Å². The molecule has 0 aliphatic carbocycles. The quantitative estimate of drug-likeness (QED) is 0.772. The van der Waals surface area contributed by atoms with Crippen LogP contribution in [0.1, 0.15) is 32.4 Å². The predicted molar refractivity (Wildman–Crippen MR) is 62.2 cm³/mol. The number of benzene rings is 1. The van der Waals surface area contributed by atoms with E-state index in [9.17, 15) is 8.78 Å². The van der Waals surface area contributed by atoms with Gasteiger partial charge in [0.25, 0.3) is 0 Å².